The van der Waals surface area contributed by atoms with Crippen molar-refractivity contribution in [3.8, 4) is 11.8 Å². The molecule has 1 aromatic heterocycles. The molecule has 3 aliphatic heterocycles. The Morgan fingerprint density at radius 1 is 1.03 bits per heavy atom. The fraction of sp³-hybridized carbons (Fsp3) is 0.560. The van der Waals surface area contributed by atoms with Crippen LogP contribution in [-0.2, 0) is 15.9 Å². The zero-order chi connectivity index (χ0) is 23.4. The van der Waals surface area contributed by atoms with Gasteiger partial charge in [-0.25, -0.2) is 0 Å². The Labute approximate surface area is 211 Å². The number of alkyl halides is 1. The number of morpholine rings is 2. The van der Waals surface area contributed by atoms with Crippen molar-refractivity contribution < 1.29 is 18.9 Å². The second kappa shape index (κ2) is 10.8. The summed E-state index contributed by atoms with van der Waals surface area (Å²) in [6, 6.07) is 8.71. The number of aromatic nitrogens is 2. The smallest absolute Gasteiger partial charge is 0.318 e. The maximum absolute atomic E-state index is 6.61. The van der Waals surface area contributed by atoms with E-state index in [1.54, 1.807) is 0 Å². The Kier molecular flexibility index (Phi) is 7.62. The van der Waals surface area contributed by atoms with E-state index in [0.717, 1.165) is 80.7 Å². The molecule has 184 valence electrons. The third kappa shape index (κ3) is 5.69. The Balaban J connectivity index is 1.37. The van der Waals surface area contributed by atoms with E-state index in [0.29, 0.717) is 25.8 Å². The monoisotopic (exact) mass is 580 g/mol. The molecule has 1 unspecified atom stereocenters. The summed E-state index contributed by atoms with van der Waals surface area (Å²) in [6.07, 6.45) is 0.793. The van der Waals surface area contributed by atoms with E-state index in [-0.39, 0.29) is 24.3 Å². The molecular weight excluding hydrogens is 547 g/mol. The molecule has 1 atom stereocenters. The van der Waals surface area contributed by atoms with Crippen LogP contribution in [0.15, 0.2) is 24.3 Å². The van der Waals surface area contributed by atoms with Gasteiger partial charge in [-0.05, 0) is 29.5 Å². The Bertz CT molecular complexity index is 1020. The summed E-state index contributed by atoms with van der Waals surface area (Å²) in [5, 5.41) is 0. The number of aryl methyl sites for hydroxylation is 1. The predicted molar refractivity (Wildman–Crippen MR) is 141 cm³/mol. The molecule has 0 aliphatic carbocycles. The van der Waals surface area contributed by atoms with E-state index < -0.39 is 0 Å². The van der Waals surface area contributed by atoms with Crippen LogP contribution in [0.25, 0.3) is 0 Å². The topological polar surface area (TPSA) is 69.2 Å². The van der Waals surface area contributed by atoms with Crippen LogP contribution in [0, 0.1) is 6.92 Å². The maximum Gasteiger partial charge on any atom is 0.318 e. The quantitative estimate of drug-likeness (QED) is 0.366. The predicted octanol–water partition coefficient (Wildman–Crippen LogP) is 2.80. The molecule has 8 nitrogen and oxygen atoms in total. The number of halogens is 1. The maximum atomic E-state index is 6.61. The first-order chi connectivity index (χ1) is 16.6. The van der Waals surface area contributed by atoms with Crippen LogP contribution in [0.2, 0.25) is 0 Å². The molecule has 4 heterocycles. The summed E-state index contributed by atoms with van der Waals surface area (Å²) in [5.41, 5.74) is 3.33. The second-order valence-corrected chi connectivity index (χ2v) is 12.5. The number of benzene rings is 1. The van der Waals surface area contributed by atoms with E-state index >= 15 is 0 Å². The van der Waals surface area contributed by atoms with E-state index in [1.165, 1.54) is 0 Å². The summed E-state index contributed by atoms with van der Waals surface area (Å²) in [6.45, 7) is 12.3. The number of hydrogen-bond donors (Lipinski definition) is 0. The van der Waals surface area contributed by atoms with Crippen molar-refractivity contribution in [2.45, 2.75) is 23.9 Å². The zero-order valence-corrected chi connectivity index (χ0v) is 22.1. The highest BCUT2D eigenvalue weighted by Gasteiger charge is 2.34. The standard InChI is InChI=1S/C25H33IN4O4/c1-19-5-3-4-6-22(19)34-25(2)17-20-21(18-26-25)27-24(28-23(20)30-10-14-32-15-11-30)33-16-9-29-7-12-31-13-8-29/h3-6,18H,7-17H2,1-2H3. The number of ether oxygens (including phenoxy) is 4. The summed E-state index contributed by atoms with van der Waals surface area (Å²) in [5.74, 6) is 1.92. The van der Waals surface area contributed by atoms with Gasteiger partial charge in [0.1, 0.15) is 18.2 Å². The van der Waals surface area contributed by atoms with Gasteiger partial charge in [-0.15, -0.1) is 0 Å². The lowest BCUT2D eigenvalue weighted by molar-refractivity contribution is 0.0317. The molecule has 34 heavy (non-hydrogen) atoms. The molecule has 3 aliphatic rings. The molecule has 0 bridgehead atoms. The van der Waals surface area contributed by atoms with E-state index in [4.69, 9.17) is 28.9 Å². The highest BCUT2D eigenvalue weighted by molar-refractivity contribution is 14.2. The minimum atomic E-state index is -0.389. The van der Waals surface area contributed by atoms with Gasteiger partial charge in [0.25, 0.3) is 0 Å². The highest BCUT2D eigenvalue weighted by Crippen LogP contribution is 2.40. The van der Waals surface area contributed by atoms with Gasteiger partial charge in [0, 0.05) is 44.7 Å². The summed E-state index contributed by atoms with van der Waals surface area (Å²) in [4.78, 5) is 14.4. The number of rotatable bonds is 7. The Hall–Kier alpha value is -1.82. The summed E-state index contributed by atoms with van der Waals surface area (Å²) >= 11 is -0.389. The number of hydrogen-bond acceptors (Lipinski definition) is 8. The number of fused-ring (bicyclic) bond motifs is 1. The molecule has 2 aromatic rings. The zero-order valence-electron chi connectivity index (χ0n) is 20.0. The first-order valence-electron chi connectivity index (χ1n) is 12.0. The van der Waals surface area contributed by atoms with Crippen molar-refractivity contribution in [1.82, 2.24) is 14.9 Å². The fourth-order valence-corrected chi connectivity index (χ4v) is 6.83. The average molecular weight is 580 g/mol. The SMILES string of the molecule is Cc1ccccc1OC1(C)Cc2c(nc(OCCN3CCOCC3)nc2N2CCOCC2)C=I1. The first kappa shape index (κ1) is 23.9. The van der Waals surface area contributed by atoms with Crippen LogP contribution in [0.3, 0.4) is 0 Å². The Morgan fingerprint density at radius 2 is 1.76 bits per heavy atom. The lowest BCUT2D eigenvalue weighted by Gasteiger charge is -2.35. The summed E-state index contributed by atoms with van der Waals surface area (Å²) < 4.78 is 25.8. The molecule has 2 fully saturated rings. The van der Waals surface area contributed by atoms with Crippen molar-refractivity contribution in [3.05, 3.63) is 41.1 Å². The normalized spacial score (nSPS) is 23.2. The van der Waals surface area contributed by atoms with Crippen molar-refractivity contribution in [2.75, 3.05) is 70.7 Å². The van der Waals surface area contributed by atoms with Gasteiger partial charge in [0.05, 0.1) is 32.1 Å². The lowest BCUT2D eigenvalue weighted by Crippen LogP contribution is -2.40. The van der Waals surface area contributed by atoms with Crippen LogP contribution in [0.5, 0.6) is 11.8 Å². The lowest BCUT2D eigenvalue weighted by atomic mass is 10.1. The molecule has 0 spiro atoms. The molecule has 0 amide bonds. The van der Waals surface area contributed by atoms with Gasteiger partial charge in [-0.3, -0.25) is 4.90 Å². The van der Waals surface area contributed by atoms with E-state index in [9.17, 15) is 0 Å². The average Bonchev–Trinajstić information content (AvgIpc) is 2.86. The van der Waals surface area contributed by atoms with Crippen molar-refractivity contribution >= 4 is 30.6 Å². The molecule has 1 aromatic carbocycles. The molecule has 0 N–H and O–H groups in total. The largest absolute Gasteiger partial charge is 0.477 e. The number of anilines is 1. The van der Waals surface area contributed by atoms with Gasteiger partial charge >= 0.3 is 6.01 Å². The Morgan fingerprint density at radius 3 is 2.53 bits per heavy atom. The molecule has 5 rings (SSSR count). The van der Waals surface area contributed by atoms with Crippen LogP contribution in [-0.4, -0.2) is 88.2 Å². The van der Waals surface area contributed by atoms with Gasteiger partial charge in [-0.1, -0.05) is 38.9 Å². The third-order valence-electron chi connectivity index (χ3n) is 6.35. The molecule has 9 heteroatoms. The minimum absolute atomic E-state index is 0.249. The summed E-state index contributed by atoms with van der Waals surface area (Å²) in [7, 11) is 0. The van der Waals surface area contributed by atoms with Crippen LogP contribution in [0.4, 0.5) is 5.82 Å². The van der Waals surface area contributed by atoms with Gasteiger partial charge in [0.15, 0.2) is 3.61 Å². The van der Waals surface area contributed by atoms with E-state index in [1.807, 2.05) is 12.1 Å². The van der Waals surface area contributed by atoms with Gasteiger partial charge < -0.3 is 23.8 Å². The number of nitrogens with zero attached hydrogens (tertiary/aromatic N) is 4. The van der Waals surface area contributed by atoms with Gasteiger partial charge in [-0.2, -0.15) is 9.97 Å². The van der Waals surface area contributed by atoms with Gasteiger partial charge in [0.2, 0.25) is 0 Å². The van der Waals surface area contributed by atoms with Crippen molar-refractivity contribution in [3.63, 3.8) is 0 Å². The first-order valence-corrected chi connectivity index (χ1v) is 14.3. The van der Waals surface area contributed by atoms with Crippen molar-refractivity contribution in [2.24, 2.45) is 0 Å². The van der Waals surface area contributed by atoms with Crippen molar-refractivity contribution in [1.29, 1.82) is 0 Å². The van der Waals surface area contributed by atoms with E-state index in [2.05, 4.69) is 39.8 Å². The second-order valence-electron chi connectivity index (χ2n) is 8.96. The molecule has 0 saturated carbocycles. The third-order valence-corrected chi connectivity index (χ3v) is 9.17. The molecule has 2 saturated heterocycles. The van der Waals surface area contributed by atoms with Crippen LogP contribution in [0.1, 0.15) is 23.7 Å². The molecule has 0 radical (unpaired) electrons. The number of para-hydroxylation sites is 1. The van der Waals surface area contributed by atoms with Crippen LogP contribution < -0.4 is 14.4 Å². The minimum Gasteiger partial charge on any atom is -0.477 e. The highest BCUT2D eigenvalue weighted by atomic mass is 127. The van der Waals surface area contributed by atoms with Crippen LogP contribution >= 0.6 is 20.7 Å². The molecular formula is C25H33IN4O4. The fourth-order valence-electron chi connectivity index (χ4n) is 4.40.